The number of primary sulfonamides is 1. The van der Waals surface area contributed by atoms with Gasteiger partial charge >= 0.3 is 5.97 Å². The number of Topliss-reactive ketones (excluding diaryl/α,β-unsaturated/α-hetero) is 1. The number of sulfonamides is 1. The lowest BCUT2D eigenvalue weighted by atomic mass is 9.97. The predicted octanol–water partition coefficient (Wildman–Crippen LogP) is 4.22. The molecule has 5 rings (SSSR count). The number of hydrogen-bond donors (Lipinski definition) is 3. The summed E-state index contributed by atoms with van der Waals surface area (Å²) in [7, 11) is -4.18. The molecule has 3 aromatic carbocycles. The highest BCUT2D eigenvalue weighted by molar-refractivity contribution is 7.91. The van der Waals surface area contributed by atoms with Crippen molar-refractivity contribution in [3.63, 3.8) is 0 Å². The number of carbonyl (C=O) groups excluding carboxylic acids is 4. The van der Waals surface area contributed by atoms with Crippen LogP contribution in [0.1, 0.15) is 54.1 Å². The zero-order valence-electron chi connectivity index (χ0n) is 27.1. The van der Waals surface area contributed by atoms with Gasteiger partial charge in [-0.05, 0) is 45.0 Å². The van der Waals surface area contributed by atoms with E-state index in [-0.39, 0.29) is 27.6 Å². The Balaban J connectivity index is 1.60. The van der Waals surface area contributed by atoms with Crippen LogP contribution in [0.25, 0.3) is 16.9 Å². The van der Waals surface area contributed by atoms with E-state index < -0.39 is 49.1 Å². The summed E-state index contributed by atoms with van der Waals surface area (Å²) >= 11 is 0.537. The maximum absolute atomic E-state index is 14.2. The third-order valence-corrected chi connectivity index (χ3v) is 8.76. The molecule has 17 heteroatoms. The largest absolute Gasteiger partial charge is 0.455 e. The molecule has 0 aliphatic carbocycles. The second-order valence-electron chi connectivity index (χ2n) is 11.6. The molecule has 0 atom stereocenters. The number of aromatic nitrogens is 4. The minimum atomic E-state index is -4.18. The summed E-state index contributed by atoms with van der Waals surface area (Å²) in [6.07, 6.45) is 0. The Labute approximate surface area is 290 Å². The second-order valence-corrected chi connectivity index (χ2v) is 14.3. The number of amides is 1. The summed E-state index contributed by atoms with van der Waals surface area (Å²) in [4.78, 5) is 52.6. The van der Waals surface area contributed by atoms with Crippen molar-refractivity contribution in [1.29, 1.82) is 0 Å². The van der Waals surface area contributed by atoms with Crippen LogP contribution in [-0.4, -0.2) is 63.2 Å². The molecule has 1 amide bonds. The zero-order valence-corrected chi connectivity index (χ0v) is 28.7. The van der Waals surface area contributed by atoms with Gasteiger partial charge in [-0.25, -0.2) is 23.0 Å². The molecule has 50 heavy (non-hydrogen) atoms. The first-order valence-electron chi connectivity index (χ1n) is 14.8. The SMILES string of the molecule is CC(=O)/C(=N\Nc1ccc(-n2nc(C(=O)Nc3nnc(S(N)(=O)=O)s3)c(C(=O)c3ccccc3)c2-c2ccccc2)cc1)C(=O)OC(C)(C)C. The lowest BCUT2D eigenvalue weighted by molar-refractivity contribution is -0.146. The number of hydrogen-bond acceptors (Lipinski definition) is 13. The molecule has 0 bridgehead atoms. The number of nitrogens with two attached hydrogens (primary N) is 1. The number of benzene rings is 3. The Hall–Kier alpha value is -5.91. The molecule has 256 valence electrons. The number of nitrogens with one attached hydrogen (secondary N) is 2. The van der Waals surface area contributed by atoms with Crippen molar-refractivity contribution in [3.05, 3.63) is 102 Å². The molecule has 5 aromatic rings. The molecule has 0 fully saturated rings. The monoisotopic (exact) mass is 714 g/mol. The second kappa shape index (κ2) is 14.3. The van der Waals surface area contributed by atoms with Crippen molar-refractivity contribution in [2.45, 2.75) is 37.6 Å². The number of ether oxygens (including phenoxy) is 1. The predicted molar refractivity (Wildman–Crippen MR) is 186 cm³/mol. The molecule has 2 aromatic heterocycles. The highest BCUT2D eigenvalue weighted by Gasteiger charge is 2.31. The van der Waals surface area contributed by atoms with Gasteiger partial charge in [-0.1, -0.05) is 72.0 Å². The fraction of sp³-hybridized carbons (Fsp3) is 0.152. The Morgan fingerprint density at radius 2 is 1.52 bits per heavy atom. The molecule has 15 nitrogen and oxygen atoms in total. The molecule has 0 unspecified atom stereocenters. The minimum absolute atomic E-state index is 0.0358. The first-order chi connectivity index (χ1) is 23.6. The van der Waals surface area contributed by atoms with Gasteiger partial charge in [-0.15, -0.1) is 10.2 Å². The van der Waals surface area contributed by atoms with Crippen molar-refractivity contribution in [1.82, 2.24) is 20.0 Å². The number of nitrogens with zero attached hydrogens (tertiary/aromatic N) is 5. The van der Waals surface area contributed by atoms with E-state index in [0.29, 0.717) is 28.3 Å². The summed E-state index contributed by atoms with van der Waals surface area (Å²) in [6.45, 7) is 6.20. The van der Waals surface area contributed by atoms with Gasteiger partial charge in [0, 0.05) is 18.1 Å². The van der Waals surface area contributed by atoms with Crippen LogP contribution in [0, 0.1) is 0 Å². The molecule has 0 saturated carbocycles. The van der Waals surface area contributed by atoms with Crippen LogP contribution in [0.3, 0.4) is 0 Å². The van der Waals surface area contributed by atoms with Gasteiger partial charge in [0.25, 0.3) is 15.9 Å². The van der Waals surface area contributed by atoms with E-state index in [1.54, 1.807) is 106 Å². The molecular formula is C33H30N8O7S2. The summed E-state index contributed by atoms with van der Waals surface area (Å²) in [5, 5.41) is 23.2. The molecule has 0 saturated heterocycles. The van der Waals surface area contributed by atoms with Crippen LogP contribution in [0.5, 0.6) is 0 Å². The average Bonchev–Trinajstić information content (AvgIpc) is 3.70. The maximum atomic E-state index is 14.2. The van der Waals surface area contributed by atoms with E-state index in [2.05, 4.69) is 31.1 Å². The lowest BCUT2D eigenvalue weighted by Crippen LogP contribution is -2.32. The van der Waals surface area contributed by atoms with E-state index in [0.717, 1.165) is 0 Å². The summed E-state index contributed by atoms with van der Waals surface area (Å²) < 4.78 is 29.7. The van der Waals surface area contributed by atoms with Crippen LogP contribution in [0.2, 0.25) is 0 Å². The van der Waals surface area contributed by atoms with Crippen LogP contribution < -0.4 is 15.9 Å². The number of rotatable bonds is 11. The van der Waals surface area contributed by atoms with Crippen molar-refractivity contribution in [2.24, 2.45) is 10.2 Å². The van der Waals surface area contributed by atoms with E-state index in [1.807, 2.05) is 0 Å². The molecule has 0 aliphatic heterocycles. The third-order valence-electron chi connectivity index (χ3n) is 6.62. The summed E-state index contributed by atoms with van der Waals surface area (Å²) in [5.41, 5.74) is 3.06. The summed E-state index contributed by atoms with van der Waals surface area (Å²) in [6, 6.07) is 23.6. The van der Waals surface area contributed by atoms with Gasteiger partial charge in [0.05, 0.1) is 22.6 Å². The molecule has 0 aliphatic rings. The van der Waals surface area contributed by atoms with E-state index in [4.69, 9.17) is 9.88 Å². The van der Waals surface area contributed by atoms with Crippen LogP contribution in [0.15, 0.2) is 94.4 Å². The van der Waals surface area contributed by atoms with Gasteiger partial charge in [0.2, 0.25) is 15.2 Å². The number of anilines is 2. The fourth-order valence-corrected chi connectivity index (χ4v) is 5.83. The van der Waals surface area contributed by atoms with Crippen molar-refractivity contribution >= 4 is 61.3 Å². The minimum Gasteiger partial charge on any atom is -0.455 e. The number of hydrazone groups is 1. The Kier molecular flexibility index (Phi) is 10.1. The Morgan fingerprint density at radius 1 is 0.900 bits per heavy atom. The topological polar surface area (TPSA) is 218 Å². The molecule has 2 heterocycles. The van der Waals surface area contributed by atoms with Crippen LogP contribution >= 0.6 is 11.3 Å². The van der Waals surface area contributed by atoms with E-state index in [9.17, 15) is 27.6 Å². The fourth-order valence-electron chi connectivity index (χ4n) is 4.50. The smallest absolute Gasteiger partial charge is 0.363 e. The standard InChI is InChI=1S/C33H30N8O7S2/c1-19(42)25(30(45)48-33(2,3)4)37-36-22-15-17-23(18-16-22)41-27(20-11-7-5-8-12-20)24(28(43)21-13-9-6-10-14-21)26(40-41)29(44)35-31-38-39-32(49-31)50(34,46)47/h5-18,36H,1-4H3,(H2,34,46,47)(H,35,38,44)/b37-25+. The van der Waals surface area contributed by atoms with E-state index in [1.165, 1.54) is 11.6 Å². The van der Waals surface area contributed by atoms with Gasteiger partial charge < -0.3 is 4.74 Å². The normalized spacial score (nSPS) is 11.9. The first-order valence-corrected chi connectivity index (χ1v) is 17.1. The highest BCUT2D eigenvalue weighted by atomic mass is 32.2. The number of esters is 1. The summed E-state index contributed by atoms with van der Waals surface area (Å²) in [5.74, 6) is -2.84. The Morgan fingerprint density at radius 3 is 2.08 bits per heavy atom. The first kappa shape index (κ1) is 35.4. The quantitative estimate of drug-likeness (QED) is 0.0439. The van der Waals surface area contributed by atoms with Crippen molar-refractivity contribution in [3.8, 4) is 16.9 Å². The number of carbonyl (C=O) groups is 4. The maximum Gasteiger partial charge on any atom is 0.363 e. The van der Waals surface area contributed by atoms with Gasteiger partial charge in [0.15, 0.2) is 17.3 Å². The van der Waals surface area contributed by atoms with Crippen molar-refractivity contribution in [2.75, 3.05) is 10.7 Å². The molecule has 0 radical (unpaired) electrons. The lowest BCUT2D eigenvalue weighted by Gasteiger charge is -2.19. The molecular weight excluding hydrogens is 685 g/mol. The van der Waals surface area contributed by atoms with Crippen LogP contribution in [-0.2, 0) is 24.3 Å². The van der Waals surface area contributed by atoms with E-state index >= 15 is 0 Å². The van der Waals surface area contributed by atoms with Gasteiger partial charge in [-0.2, -0.15) is 10.2 Å². The van der Waals surface area contributed by atoms with Gasteiger partial charge in [0.1, 0.15) is 5.60 Å². The Bertz CT molecular complexity index is 2220. The van der Waals surface area contributed by atoms with Crippen LogP contribution in [0.4, 0.5) is 10.8 Å². The van der Waals surface area contributed by atoms with Crippen molar-refractivity contribution < 1.29 is 32.3 Å². The highest BCUT2D eigenvalue weighted by Crippen LogP contribution is 2.32. The van der Waals surface area contributed by atoms with Gasteiger partial charge in [-0.3, -0.25) is 25.1 Å². The number of ketones is 2. The third kappa shape index (κ3) is 8.20. The molecule has 4 N–H and O–H groups in total. The molecule has 0 spiro atoms. The zero-order chi connectivity index (χ0) is 36.2. The average molecular weight is 715 g/mol.